The summed E-state index contributed by atoms with van der Waals surface area (Å²) < 4.78 is 25.6. The lowest BCUT2D eigenvalue weighted by molar-refractivity contribution is -0.389. The molecule has 0 saturated carbocycles. The first-order chi connectivity index (χ1) is 8.47. The molecule has 18 heavy (non-hydrogen) atoms. The lowest BCUT2D eigenvalue weighted by Gasteiger charge is -2.03. The molecule has 0 aliphatic carbocycles. The first-order valence-electron chi connectivity index (χ1n) is 4.94. The number of nitriles is 1. The van der Waals surface area contributed by atoms with Crippen molar-refractivity contribution < 1.29 is 13.3 Å². The van der Waals surface area contributed by atoms with E-state index < -0.39 is 20.8 Å². The van der Waals surface area contributed by atoms with Crippen molar-refractivity contribution in [3.63, 3.8) is 0 Å². The summed E-state index contributed by atoms with van der Waals surface area (Å²) in [5.74, 6) is -0.418. The normalized spacial score (nSPS) is 10.8. The molecule has 1 heterocycles. The molecule has 1 rings (SSSR count). The molecule has 0 saturated heterocycles. The van der Waals surface area contributed by atoms with Crippen molar-refractivity contribution >= 4 is 15.8 Å². The Morgan fingerprint density at radius 2 is 2.22 bits per heavy atom. The number of unbranched alkanes of at least 4 members (excludes halogenated alkanes) is 1. The van der Waals surface area contributed by atoms with Crippen LogP contribution >= 0.6 is 0 Å². The summed E-state index contributed by atoms with van der Waals surface area (Å²) in [5.41, 5.74) is 0. The number of hydrogen-bond acceptors (Lipinski definition) is 6. The van der Waals surface area contributed by atoms with Gasteiger partial charge in [0.05, 0.1) is 6.07 Å². The molecule has 0 radical (unpaired) electrons. The zero-order chi connectivity index (χ0) is 13.6. The van der Waals surface area contributed by atoms with Gasteiger partial charge in [0.1, 0.15) is 4.90 Å². The highest BCUT2D eigenvalue weighted by Gasteiger charge is 2.17. The SMILES string of the molecule is N#CCCCNS(=O)(=O)c1ccc([N+](=O)[O-])nc1. The van der Waals surface area contributed by atoms with Crippen molar-refractivity contribution in [1.29, 1.82) is 5.26 Å². The van der Waals surface area contributed by atoms with Crippen molar-refractivity contribution in [2.45, 2.75) is 17.7 Å². The predicted molar refractivity (Wildman–Crippen MR) is 60.9 cm³/mol. The van der Waals surface area contributed by atoms with Crippen LogP contribution in [0, 0.1) is 21.4 Å². The van der Waals surface area contributed by atoms with Crippen LogP contribution in [0.1, 0.15) is 12.8 Å². The third kappa shape index (κ3) is 3.76. The molecular weight excluding hydrogens is 260 g/mol. The summed E-state index contributed by atoms with van der Waals surface area (Å²) in [6.07, 6.45) is 1.57. The Morgan fingerprint density at radius 3 is 2.72 bits per heavy atom. The number of nitro groups is 1. The molecule has 0 aliphatic heterocycles. The van der Waals surface area contributed by atoms with Crippen molar-refractivity contribution in [2.75, 3.05) is 6.54 Å². The molecule has 0 bridgehead atoms. The van der Waals surface area contributed by atoms with Gasteiger partial charge in [0.25, 0.3) is 0 Å². The number of sulfonamides is 1. The number of hydrogen-bond donors (Lipinski definition) is 1. The fraction of sp³-hybridized carbons (Fsp3) is 0.333. The van der Waals surface area contributed by atoms with Crippen molar-refractivity contribution in [1.82, 2.24) is 9.71 Å². The maximum Gasteiger partial charge on any atom is 0.363 e. The molecule has 0 aromatic carbocycles. The monoisotopic (exact) mass is 270 g/mol. The zero-order valence-corrected chi connectivity index (χ0v) is 10.1. The number of nitrogens with zero attached hydrogens (tertiary/aromatic N) is 3. The average molecular weight is 270 g/mol. The number of rotatable bonds is 6. The molecule has 1 aromatic rings. The fourth-order valence-corrected chi connectivity index (χ4v) is 2.12. The lowest BCUT2D eigenvalue weighted by atomic mass is 10.3. The Hall–Kier alpha value is -2.05. The van der Waals surface area contributed by atoms with Gasteiger partial charge in [-0.3, -0.25) is 0 Å². The lowest BCUT2D eigenvalue weighted by Crippen LogP contribution is -2.24. The van der Waals surface area contributed by atoms with Gasteiger partial charge in [-0.05, 0) is 22.4 Å². The predicted octanol–water partition coefficient (Wildman–Crippen LogP) is 0.572. The van der Waals surface area contributed by atoms with Gasteiger partial charge in [0.15, 0.2) is 6.20 Å². The van der Waals surface area contributed by atoms with Gasteiger partial charge >= 0.3 is 5.82 Å². The van der Waals surface area contributed by atoms with Gasteiger partial charge in [-0.2, -0.15) is 5.26 Å². The third-order valence-electron chi connectivity index (χ3n) is 1.98. The van der Waals surface area contributed by atoms with Crippen LogP contribution < -0.4 is 4.72 Å². The Balaban J connectivity index is 2.73. The maximum atomic E-state index is 11.7. The second-order valence-electron chi connectivity index (χ2n) is 3.27. The molecule has 1 aromatic heterocycles. The van der Waals surface area contributed by atoms with Gasteiger partial charge in [0.2, 0.25) is 10.0 Å². The minimum absolute atomic E-state index is 0.132. The summed E-state index contributed by atoms with van der Waals surface area (Å²) in [7, 11) is -3.73. The van der Waals surface area contributed by atoms with Crippen molar-refractivity contribution in [3.05, 3.63) is 28.4 Å². The summed E-state index contributed by atoms with van der Waals surface area (Å²) in [4.78, 5) is 12.9. The van der Waals surface area contributed by atoms with E-state index in [2.05, 4.69) is 9.71 Å². The molecule has 0 unspecified atom stereocenters. The van der Waals surface area contributed by atoms with E-state index in [0.717, 1.165) is 18.3 Å². The van der Waals surface area contributed by atoms with Crippen LogP contribution in [0.5, 0.6) is 0 Å². The number of pyridine rings is 1. The molecule has 0 amide bonds. The first kappa shape index (κ1) is 14.0. The summed E-state index contributed by atoms with van der Waals surface area (Å²) >= 11 is 0. The molecule has 1 N–H and O–H groups in total. The average Bonchev–Trinajstić information content (AvgIpc) is 2.35. The highest BCUT2D eigenvalue weighted by Crippen LogP contribution is 2.11. The minimum Gasteiger partial charge on any atom is -0.358 e. The van der Waals surface area contributed by atoms with Crippen LogP contribution in [-0.2, 0) is 10.0 Å². The van der Waals surface area contributed by atoms with Crippen molar-refractivity contribution in [3.8, 4) is 6.07 Å². The summed E-state index contributed by atoms with van der Waals surface area (Å²) in [5, 5.41) is 18.6. The highest BCUT2D eigenvalue weighted by molar-refractivity contribution is 7.89. The largest absolute Gasteiger partial charge is 0.363 e. The van der Waals surface area contributed by atoms with E-state index in [1.165, 1.54) is 0 Å². The number of aromatic nitrogens is 1. The summed E-state index contributed by atoms with van der Waals surface area (Å²) in [6, 6.07) is 4.02. The number of nitrogens with one attached hydrogen (secondary N) is 1. The Bertz CT molecular complexity index is 561. The van der Waals surface area contributed by atoms with Gasteiger partial charge in [-0.15, -0.1) is 0 Å². The van der Waals surface area contributed by atoms with E-state index in [9.17, 15) is 18.5 Å². The maximum absolute atomic E-state index is 11.7. The van der Waals surface area contributed by atoms with E-state index in [1.54, 1.807) is 0 Å². The molecular formula is C9H10N4O4S. The molecule has 0 atom stereocenters. The summed E-state index contributed by atoms with van der Waals surface area (Å²) in [6.45, 7) is 0.132. The van der Waals surface area contributed by atoms with Crippen LogP contribution in [0.25, 0.3) is 0 Å². The highest BCUT2D eigenvalue weighted by atomic mass is 32.2. The fourth-order valence-electron chi connectivity index (χ4n) is 1.10. The molecule has 0 fully saturated rings. The van der Waals surface area contributed by atoms with Crippen molar-refractivity contribution in [2.24, 2.45) is 0 Å². The molecule has 8 nitrogen and oxygen atoms in total. The van der Waals surface area contributed by atoms with Crippen LogP contribution in [-0.4, -0.2) is 24.9 Å². The minimum atomic E-state index is -3.73. The van der Waals surface area contributed by atoms with E-state index >= 15 is 0 Å². The molecule has 96 valence electrons. The molecule has 0 spiro atoms. The molecule has 9 heteroatoms. The quantitative estimate of drug-likeness (QED) is 0.457. The van der Waals surface area contributed by atoms with Gasteiger partial charge < -0.3 is 10.1 Å². The molecule has 0 aliphatic rings. The van der Waals surface area contributed by atoms with E-state index in [4.69, 9.17) is 5.26 Å². The standard InChI is InChI=1S/C9H10N4O4S/c10-5-1-2-6-12-18(16,17)8-3-4-9(11-7-8)13(14)15/h3-4,7,12H,1-2,6H2. The van der Waals surface area contributed by atoms with Gasteiger partial charge in [0, 0.05) is 19.0 Å². The van der Waals surface area contributed by atoms with Crippen LogP contribution in [0.3, 0.4) is 0 Å². The van der Waals surface area contributed by atoms with Crippen LogP contribution in [0.15, 0.2) is 23.2 Å². The van der Waals surface area contributed by atoms with Crippen LogP contribution in [0.4, 0.5) is 5.82 Å². The van der Waals surface area contributed by atoms with Gasteiger partial charge in [-0.1, -0.05) is 0 Å². The zero-order valence-electron chi connectivity index (χ0n) is 9.24. The topological polar surface area (TPSA) is 126 Å². The van der Waals surface area contributed by atoms with E-state index in [-0.39, 0.29) is 17.9 Å². The Kier molecular flexibility index (Phi) is 4.70. The Morgan fingerprint density at radius 1 is 1.50 bits per heavy atom. The van der Waals surface area contributed by atoms with Crippen LogP contribution in [0.2, 0.25) is 0 Å². The first-order valence-corrected chi connectivity index (χ1v) is 6.43. The third-order valence-corrected chi connectivity index (χ3v) is 3.42. The van der Waals surface area contributed by atoms with E-state index in [0.29, 0.717) is 6.42 Å². The second kappa shape index (κ2) is 6.04. The second-order valence-corrected chi connectivity index (χ2v) is 5.04. The Labute approximate surface area is 103 Å². The van der Waals surface area contributed by atoms with E-state index in [1.807, 2.05) is 6.07 Å². The smallest absolute Gasteiger partial charge is 0.358 e. The van der Waals surface area contributed by atoms with Gasteiger partial charge in [-0.25, -0.2) is 13.1 Å².